The van der Waals surface area contributed by atoms with Gasteiger partial charge in [0.15, 0.2) is 5.65 Å². The van der Waals surface area contributed by atoms with Crippen LogP contribution in [-0.2, 0) is 11.8 Å². The molecule has 0 saturated carbocycles. The number of para-hydroxylation sites is 1. The molecule has 20 heavy (non-hydrogen) atoms. The molecule has 0 spiro atoms. The third-order valence-corrected chi connectivity index (χ3v) is 4.03. The molecule has 3 rings (SSSR count). The number of carbonyl (C=O) groups excluding carboxylic acids is 1. The zero-order valence-electron chi connectivity index (χ0n) is 10.9. The summed E-state index contributed by atoms with van der Waals surface area (Å²) in [7, 11) is 1.90. The molecule has 0 N–H and O–H groups in total. The van der Waals surface area contributed by atoms with E-state index in [2.05, 4.69) is 15.2 Å². The van der Waals surface area contributed by atoms with Gasteiger partial charge in [-0.2, -0.15) is 0 Å². The average Bonchev–Trinajstić information content (AvgIpc) is 2.73. The standard InChI is InChI=1S/C13H12N4O2S/c1-7(12(18)19)20-13-14-11-10(15-16-13)8-5-3-4-6-9(8)17(11)2/h3-7H,1-2H3,(H,18,19)/p-1/t7-/m0/s1. The second-order valence-electron chi connectivity index (χ2n) is 4.42. The van der Waals surface area contributed by atoms with E-state index in [0.717, 1.165) is 22.7 Å². The van der Waals surface area contributed by atoms with Crippen LogP contribution in [0.4, 0.5) is 0 Å². The van der Waals surface area contributed by atoms with Gasteiger partial charge in [-0.3, -0.25) is 0 Å². The van der Waals surface area contributed by atoms with Crippen LogP contribution in [0, 0.1) is 0 Å². The number of aromatic nitrogens is 4. The van der Waals surface area contributed by atoms with Crippen LogP contribution >= 0.6 is 11.8 Å². The molecule has 0 radical (unpaired) electrons. The molecule has 7 heteroatoms. The summed E-state index contributed by atoms with van der Waals surface area (Å²) in [6.07, 6.45) is 0. The largest absolute Gasteiger partial charge is 0.549 e. The van der Waals surface area contributed by atoms with E-state index in [1.807, 2.05) is 35.9 Å². The maximum Gasteiger partial charge on any atom is 0.211 e. The number of benzene rings is 1. The second-order valence-corrected chi connectivity index (χ2v) is 5.73. The summed E-state index contributed by atoms with van der Waals surface area (Å²) in [6, 6.07) is 7.83. The number of aryl methyl sites for hydroxylation is 1. The third kappa shape index (κ3) is 2.00. The molecule has 0 fully saturated rings. The fourth-order valence-corrected chi connectivity index (χ4v) is 2.69. The summed E-state index contributed by atoms with van der Waals surface area (Å²) in [5, 5.41) is 19.5. The van der Waals surface area contributed by atoms with E-state index in [4.69, 9.17) is 0 Å². The minimum atomic E-state index is -1.14. The van der Waals surface area contributed by atoms with Crippen LogP contribution in [0.5, 0.6) is 0 Å². The smallest absolute Gasteiger partial charge is 0.211 e. The fourth-order valence-electron chi connectivity index (χ4n) is 2.05. The Kier molecular flexibility index (Phi) is 3.06. The molecule has 0 bridgehead atoms. The van der Waals surface area contributed by atoms with Crippen molar-refractivity contribution in [2.75, 3.05) is 0 Å². The maximum absolute atomic E-state index is 10.8. The normalized spacial score (nSPS) is 12.9. The Labute approximate surface area is 118 Å². The van der Waals surface area contributed by atoms with Crippen molar-refractivity contribution >= 4 is 39.8 Å². The van der Waals surface area contributed by atoms with Gasteiger partial charge in [-0.05, 0) is 13.0 Å². The molecular formula is C13H11N4O2S-. The highest BCUT2D eigenvalue weighted by Crippen LogP contribution is 2.26. The summed E-state index contributed by atoms with van der Waals surface area (Å²) in [5.74, 6) is -1.14. The monoisotopic (exact) mass is 287 g/mol. The van der Waals surface area contributed by atoms with Crippen molar-refractivity contribution in [2.24, 2.45) is 7.05 Å². The van der Waals surface area contributed by atoms with Crippen LogP contribution in [0.2, 0.25) is 0 Å². The third-order valence-electron chi connectivity index (χ3n) is 3.10. The summed E-state index contributed by atoms with van der Waals surface area (Å²) in [4.78, 5) is 15.2. The highest BCUT2D eigenvalue weighted by molar-refractivity contribution is 8.00. The average molecular weight is 287 g/mol. The first-order chi connectivity index (χ1) is 9.58. The maximum atomic E-state index is 10.8. The van der Waals surface area contributed by atoms with E-state index < -0.39 is 11.2 Å². The van der Waals surface area contributed by atoms with E-state index in [0.29, 0.717) is 16.3 Å². The summed E-state index contributed by atoms with van der Waals surface area (Å²) in [6.45, 7) is 1.54. The van der Waals surface area contributed by atoms with Gasteiger partial charge in [-0.15, -0.1) is 10.2 Å². The van der Waals surface area contributed by atoms with Crippen LogP contribution in [0.3, 0.4) is 0 Å². The molecule has 0 aliphatic heterocycles. The van der Waals surface area contributed by atoms with Crippen molar-refractivity contribution in [1.29, 1.82) is 0 Å². The van der Waals surface area contributed by atoms with Crippen LogP contribution in [0.15, 0.2) is 29.4 Å². The molecule has 0 aliphatic rings. The van der Waals surface area contributed by atoms with Gasteiger partial charge in [0.25, 0.3) is 0 Å². The lowest BCUT2D eigenvalue weighted by atomic mass is 10.2. The fraction of sp³-hybridized carbons (Fsp3) is 0.231. The van der Waals surface area contributed by atoms with Crippen LogP contribution in [-0.4, -0.2) is 31.0 Å². The lowest BCUT2D eigenvalue weighted by Gasteiger charge is -2.09. The Morgan fingerprint density at radius 2 is 2.10 bits per heavy atom. The van der Waals surface area contributed by atoms with Crippen molar-refractivity contribution in [1.82, 2.24) is 19.7 Å². The molecule has 102 valence electrons. The lowest BCUT2D eigenvalue weighted by molar-refractivity contribution is -0.304. The zero-order chi connectivity index (χ0) is 14.3. The summed E-state index contributed by atoms with van der Waals surface area (Å²) < 4.78 is 1.92. The van der Waals surface area contributed by atoms with Gasteiger partial charge in [0.1, 0.15) is 5.52 Å². The number of rotatable bonds is 3. The predicted molar refractivity (Wildman–Crippen MR) is 74.1 cm³/mol. The molecule has 2 aromatic heterocycles. The molecular weight excluding hydrogens is 276 g/mol. The van der Waals surface area contributed by atoms with Gasteiger partial charge in [0, 0.05) is 17.7 Å². The Bertz CT molecular complexity index is 815. The molecule has 1 aromatic carbocycles. The molecule has 0 saturated heterocycles. The van der Waals surface area contributed by atoms with E-state index in [1.165, 1.54) is 6.92 Å². The SMILES string of the molecule is C[C@H](Sc1nnc2c3ccccc3n(C)c2n1)C(=O)[O-]. The number of carboxylic acids is 1. The van der Waals surface area contributed by atoms with Gasteiger partial charge in [0.05, 0.1) is 11.5 Å². The second kappa shape index (κ2) is 4.75. The first kappa shape index (κ1) is 12.9. The van der Waals surface area contributed by atoms with Gasteiger partial charge in [-0.1, -0.05) is 30.0 Å². The van der Waals surface area contributed by atoms with Crippen molar-refractivity contribution in [3.05, 3.63) is 24.3 Å². The summed E-state index contributed by atoms with van der Waals surface area (Å²) in [5.41, 5.74) is 2.42. The molecule has 1 atom stereocenters. The molecule has 0 aliphatic carbocycles. The van der Waals surface area contributed by atoms with Crippen molar-refractivity contribution in [2.45, 2.75) is 17.3 Å². The van der Waals surface area contributed by atoms with E-state index >= 15 is 0 Å². The minimum Gasteiger partial charge on any atom is -0.549 e. The lowest BCUT2D eigenvalue weighted by Crippen LogP contribution is -2.31. The van der Waals surface area contributed by atoms with Crippen LogP contribution < -0.4 is 5.11 Å². The number of nitrogens with zero attached hydrogens (tertiary/aromatic N) is 4. The predicted octanol–water partition coefficient (Wildman–Crippen LogP) is 0.747. The number of aliphatic carboxylic acids is 1. The Morgan fingerprint density at radius 1 is 1.35 bits per heavy atom. The zero-order valence-corrected chi connectivity index (χ0v) is 11.7. The quantitative estimate of drug-likeness (QED) is 0.661. The molecule has 3 aromatic rings. The number of hydrogen-bond acceptors (Lipinski definition) is 6. The highest BCUT2D eigenvalue weighted by atomic mass is 32.2. The van der Waals surface area contributed by atoms with Crippen molar-refractivity contribution in [3.63, 3.8) is 0 Å². The minimum absolute atomic E-state index is 0.333. The van der Waals surface area contributed by atoms with Gasteiger partial charge >= 0.3 is 0 Å². The molecule has 2 heterocycles. The Hall–Kier alpha value is -2.15. The Balaban J connectivity index is 2.14. The van der Waals surface area contributed by atoms with Gasteiger partial charge < -0.3 is 14.5 Å². The van der Waals surface area contributed by atoms with Gasteiger partial charge in [0.2, 0.25) is 5.16 Å². The number of thioether (sulfide) groups is 1. The molecule has 0 unspecified atom stereocenters. The highest BCUT2D eigenvalue weighted by Gasteiger charge is 2.14. The van der Waals surface area contributed by atoms with E-state index in [9.17, 15) is 9.90 Å². The molecule has 0 amide bonds. The Morgan fingerprint density at radius 3 is 2.85 bits per heavy atom. The van der Waals surface area contributed by atoms with E-state index in [1.54, 1.807) is 0 Å². The number of hydrogen-bond donors (Lipinski definition) is 0. The van der Waals surface area contributed by atoms with Crippen LogP contribution in [0.25, 0.3) is 22.1 Å². The summed E-state index contributed by atoms with van der Waals surface area (Å²) >= 11 is 1.03. The first-order valence-corrected chi connectivity index (χ1v) is 6.91. The number of fused-ring (bicyclic) bond motifs is 3. The number of carbonyl (C=O) groups is 1. The molecule has 6 nitrogen and oxygen atoms in total. The van der Waals surface area contributed by atoms with Gasteiger partial charge in [-0.25, -0.2) is 4.98 Å². The van der Waals surface area contributed by atoms with E-state index in [-0.39, 0.29) is 0 Å². The number of carboxylic acid groups (broad SMARTS) is 1. The van der Waals surface area contributed by atoms with Crippen molar-refractivity contribution < 1.29 is 9.90 Å². The van der Waals surface area contributed by atoms with Crippen LogP contribution in [0.1, 0.15) is 6.92 Å². The first-order valence-electron chi connectivity index (χ1n) is 6.03. The van der Waals surface area contributed by atoms with Crippen molar-refractivity contribution in [3.8, 4) is 0 Å². The topological polar surface area (TPSA) is 83.7 Å².